The van der Waals surface area contributed by atoms with Gasteiger partial charge in [0.15, 0.2) is 5.82 Å². The molecule has 0 aromatic carbocycles. The predicted molar refractivity (Wildman–Crippen MR) is 56.7 cm³/mol. The summed E-state index contributed by atoms with van der Waals surface area (Å²) in [5.41, 5.74) is 0. The molecule has 1 aromatic rings. The highest BCUT2D eigenvalue weighted by Gasteiger charge is 2.26. The van der Waals surface area contributed by atoms with Crippen molar-refractivity contribution in [3.8, 4) is 0 Å². The number of alkyl halides is 3. The van der Waals surface area contributed by atoms with Gasteiger partial charge in [0, 0.05) is 26.6 Å². The zero-order chi connectivity index (χ0) is 13.4. The maximum Gasteiger partial charge on any atom is 0.389 e. The predicted octanol–water partition coefficient (Wildman–Crippen LogP) is 0.752. The molecule has 0 saturated heterocycles. The Morgan fingerprint density at radius 1 is 1.39 bits per heavy atom. The maximum atomic E-state index is 12.0. The average molecular weight is 267 g/mol. The van der Waals surface area contributed by atoms with Gasteiger partial charge < -0.3 is 10.1 Å². The fourth-order valence-corrected chi connectivity index (χ4v) is 1.33. The summed E-state index contributed by atoms with van der Waals surface area (Å²) in [5, 5.41) is 13.9. The number of aryl methyl sites for hydroxylation is 1. The number of rotatable bonds is 8. The molecule has 18 heavy (non-hydrogen) atoms. The number of nitrogens with zero attached hydrogens (tertiary/aromatic N) is 4. The number of hydrogen-bond donors (Lipinski definition) is 1. The first-order chi connectivity index (χ1) is 8.53. The molecule has 0 aliphatic rings. The lowest BCUT2D eigenvalue weighted by atomic mass is 10.3. The van der Waals surface area contributed by atoms with E-state index in [-0.39, 0.29) is 13.0 Å². The van der Waals surface area contributed by atoms with Crippen LogP contribution in [0.25, 0.3) is 0 Å². The van der Waals surface area contributed by atoms with Gasteiger partial charge in [-0.2, -0.15) is 13.2 Å². The zero-order valence-electron chi connectivity index (χ0n) is 10.1. The lowest BCUT2D eigenvalue weighted by Crippen LogP contribution is -2.21. The van der Waals surface area contributed by atoms with Crippen molar-refractivity contribution < 1.29 is 17.9 Å². The van der Waals surface area contributed by atoms with E-state index in [1.54, 1.807) is 7.11 Å². The van der Waals surface area contributed by atoms with Crippen molar-refractivity contribution in [2.24, 2.45) is 0 Å². The van der Waals surface area contributed by atoms with Crippen molar-refractivity contribution in [1.29, 1.82) is 0 Å². The molecule has 0 spiro atoms. The Balaban J connectivity index is 2.31. The van der Waals surface area contributed by atoms with E-state index in [9.17, 15) is 13.2 Å². The monoisotopic (exact) mass is 267 g/mol. The molecule has 0 atom stereocenters. The number of methoxy groups -OCH3 is 1. The number of halogens is 3. The SMILES string of the molecule is COCCNCc1nnnn1CCCC(F)(F)F. The first-order valence-electron chi connectivity index (χ1n) is 5.54. The number of aromatic nitrogens is 4. The van der Waals surface area contributed by atoms with Gasteiger partial charge in [-0.15, -0.1) is 5.10 Å². The Hall–Kier alpha value is -1.22. The lowest BCUT2D eigenvalue weighted by Gasteiger charge is -2.07. The number of ether oxygens (including phenoxy) is 1. The van der Waals surface area contributed by atoms with Crippen LogP contribution in [0.3, 0.4) is 0 Å². The summed E-state index contributed by atoms with van der Waals surface area (Å²) >= 11 is 0. The van der Waals surface area contributed by atoms with Gasteiger partial charge >= 0.3 is 6.18 Å². The van der Waals surface area contributed by atoms with Crippen molar-refractivity contribution in [1.82, 2.24) is 25.5 Å². The first-order valence-corrected chi connectivity index (χ1v) is 5.54. The molecule has 9 heteroatoms. The third kappa shape index (κ3) is 5.92. The van der Waals surface area contributed by atoms with Crippen molar-refractivity contribution in [2.75, 3.05) is 20.3 Å². The molecule has 0 radical (unpaired) electrons. The molecule has 1 aromatic heterocycles. The van der Waals surface area contributed by atoms with Gasteiger partial charge in [-0.3, -0.25) is 0 Å². The van der Waals surface area contributed by atoms with E-state index < -0.39 is 12.6 Å². The van der Waals surface area contributed by atoms with Crippen LogP contribution in [0, 0.1) is 0 Å². The summed E-state index contributed by atoms with van der Waals surface area (Å²) in [6, 6.07) is 0. The largest absolute Gasteiger partial charge is 0.389 e. The van der Waals surface area contributed by atoms with Crippen LogP contribution in [0.2, 0.25) is 0 Å². The van der Waals surface area contributed by atoms with E-state index in [2.05, 4.69) is 20.8 Å². The topological polar surface area (TPSA) is 64.9 Å². The van der Waals surface area contributed by atoms with E-state index in [1.807, 2.05) is 0 Å². The Morgan fingerprint density at radius 3 is 2.83 bits per heavy atom. The van der Waals surface area contributed by atoms with Gasteiger partial charge in [0.05, 0.1) is 13.2 Å². The fourth-order valence-electron chi connectivity index (χ4n) is 1.33. The summed E-state index contributed by atoms with van der Waals surface area (Å²) in [6.07, 6.45) is -4.99. The Bertz CT molecular complexity index is 341. The summed E-state index contributed by atoms with van der Waals surface area (Å²) in [4.78, 5) is 0. The quantitative estimate of drug-likeness (QED) is 0.704. The van der Waals surface area contributed by atoms with Crippen LogP contribution in [-0.4, -0.2) is 46.6 Å². The standard InChI is InChI=1S/C9H16F3N5O/c1-18-6-4-13-7-8-14-15-16-17(8)5-2-3-9(10,11)12/h13H,2-7H2,1H3. The molecule has 104 valence electrons. The fraction of sp³-hybridized carbons (Fsp3) is 0.889. The van der Waals surface area contributed by atoms with E-state index in [1.165, 1.54) is 4.68 Å². The molecule has 0 unspecified atom stereocenters. The van der Waals surface area contributed by atoms with Crippen LogP contribution in [0.1, 0.15) is 18.7 Å². The molecule has 0 aliphatic heterocycles. The first kappa shape index (κ1) is 14.8. The molecular formula is C9H16F3N5O. The average Bonchev–Trinajstić information content (AvgIpc) is 2.71. The number of tetrazole rings is 1. The molecule has 0 amide bonds. The third-order valence-corrected chi connectivity index (χ3v) is 2.20. The van der Waals surface area contributed by atoms with Gasteiger partial charge in [0.2, 0.25) is 0 Å². The van der Waals surface area contributed by atoms with E-state index in [0.717, 1.165) is 0 Å². The second-order valence-electron chi connectivity index (χ2n) is 3.71. The highest BCUT2D eigenvalue weighted by molar-refractivity contribution is 4.79. The Morgan fingerprint density at radius 2 is 2.17 bits per heavy atom. The number of hydrogen-bond acceptors (Lipinski definition) is 5. The Labute approximate surface area is 102 Å². The van der Waals surface area contributed by atoms with Crippen molar-refractivity contribution >= 4 is 0 Å². The smallest absolute Gasteiger partial charge is 0.383 e. The molecule has 0 aliphatic carbocycles. The molecule has 0 saturated carbocycles. The normalized spacial score (nSPS) is 12.0. The summed E-state index contributed by atoms with van der Waals surface area (Å²) in [7, 11) is 1.59. The van der Waals surface area contributed by atoms with Crippen molar-refractivity contribution in [3.05, 3.63) is 5.82 Å². The minimum atomic E-state index is -4.13. The molecule has 1 rings (SSSR count). The highest BCUT2D eigenvalue weighted by atomic mass is 19.4. The molecular weight excluding hydrogens is 251 g/mol. The van der Waals surface area contributed by atoms with Gasteiger partial charge in [-0.05, 0) is 16.8 Å². The van der Waals surface area contributed by atoms with Crippen molar-refractivity contribution in [3.63, 3.8) is 0 Å². The summed E-state index contributed by atoms with van der Waals surface area (Å²) < 4.78 is 42.2. The van der Waals surface area contributed by atoms with Crippen LogP contribution in [0.5, 0.6) is 0 Å². The minimum Gasteiger partial charge on any atom is -0.383 e. The molecule has 0 bridgehead atoms. The van der Waals surface area contributed by atoms with Crippen LogP contribution in [0.4, 0.5) is 13.2 Å². The van der Waals surface area contributed by atoms with Gasteiger partial charge in [0.1, 0.15) is 0 Å². The van der Waals surface area contributed by atoms with Gasteiger partial charge in [-0.25, -0.2) is 4.68 Å². The summed E-state index contributed by atoms with van der Waals surface area (Å²) in [6.45, 7) is 1.75. The molecule has 1 N–H and O–H groups in total. The minimum absolute atomic E-state index is 0.0282. The van der Waals surface area contributed by atoms with Crippen molar-refractivity contribution in [2.45, 2.75) is 32.1 Å². The second-order valence-corrected chi connectivity index (χ2v) is 3.71. The van der Waals surface area contributed by atoms with Gasteiger partial charge in [-0.1, -0.05) is 0 Å². The van der Waals surface area contributed by atoms with E-state index >= 15 is 0 Å². The van der Waals surface area contributed by atoms with Crippen LogP contribution < -0.4 is 5.32 Å². The Kier molecular flexibility index (Phi) is 5.99. The molecule has 6 nitrogen and oxygen atoms in total. The van der Waals surface area contributed by atoms with Gasteiger partial charge in [0.25, 0.3) is 0 Å². The lowest BCUT2D eigenvalue weighted by molar-refractivity contribution is -0.136. The van der Waals surface area contributed by atoms with Crippen LogP contribution >= 0.6 is 0 Å². The maximum absolute atomic E-state index is 12.0. The van der Waals surface area contributed by atoms with E-state index in [4.69, 9.17) is 4.74 Å². The van der Waals surface area contributed by atoms with E-state index in [0.29, 0.717) is 25.5 Å². The van der Waals surface area contributed by atoms with Crippen LogP contribution in [0.15, 0.2) is 0 Å². The van der Waals surface area contributed by atoms with Crippen LogP contribution in [-0.2, 0) is 17.8 Å². The molecule has 1 heterocycles. The number of nitrogens with one attached hydrogen (secondary N) is 1. The highest BCUT2D eigenvalue weighted by Crippen LogP contribution is 2.21. The third-order valence-electron chi connectivity index (χ3n) is 2.20. The summed E-state index contributed by atoms with van der Waals surface area (Å²) in [5.74, 6) is 0.522. The molecule has 0 fully saturated rings. The second kappa shape index (κ2) is 7.27. The zero-order valence-corrected chi connectivity index (χ0v) is 10.1.